The van der Waals surface area contributed by atoms with Gasteiger partial charge in [0, 0.05) is 18.7 Å². The molecule has 5 heteroatoms. The van der Waals surface area contributed by atoms with Crippen molar-refractivity contribution in [1.82, 2.24) is 4.90 Å². The molecule has 110 valence electrons. The summed E-state index contributed by atoms with van der Waals surface area (Å²) in [6.45, 7) is 6.85. The Morgan fingerprint density at radius 3 is 2.70 bits per heavy atom. The maximum Gasteiger partial charge on any atom is 0.306 e. The van der Waals surface area contributed by atoms with Crippen LogP contribution >= 0.6 is 0 Å². The highest BCUT2D eigenvalue weighted by molar-refractivity contribution is 5.93. The van der Waals surface area contributed by atoms with Gasteiger partial charge in [0.25, 0.3) is 5.91 Å². The molecule has 1 aliphatic rings. The number of likely N-dealkylation sites (tertiary alicyclic amines) is 1. The lowest BCUT2D eigenvalue weighted by atomic mass is 9.87. The Bertz CT molecular complexity index is 506. The molecule has 5 nitrogen and oxygen atoms in total. The number of aliphatic carboxylic acids is 1. The minimum absolute atomic E-state index is 0.0392. The van der Waals surface area contributed by atoms with Crippen LogP contribution in [0, 0.1) is 11.8 Å². The first-order chi connectivity index (χ1) is 9.41. The molecule has 1 N–H and O–H groups in total. The number of furan rings is 1. The molecule has 2 atom stereocenters. The predicted octanol–water partition coefficient (Wildman–Crippen LogP) is 2.59. The number of amides is 1. The van der Waals surface area contributed by atoms with Crippen LogP contribution in [0.1, 0.15) is 49.2 Å². The Labute approximate surface area is 118 Å². The van der Waals surface area contributed by atoms with Crippen molar-refractivity contribution >= 4 is 11.9 Å². The van der Waals surface area contributed by atoms with Gasteiger partial charge in [-0.3, -0.25) is 9.59 Å². The molecule has 0 aliphatic carbocycles. The van der Waals surface area contributed by atoms with Gasteiger partial charge in [-0.2, -0.15) is 0 Å². The van der Waals surface area contributed by atoms with Crippen LogP contribution in [0.4, 0.5) is 0 Å². The highest BCUT2D eigenvalue weighted by atomic mass is 16.4. The van der Waals surface area contributed by atoms with Gasteiger partial charge in [-0.1, -0.05) is 20.8 Å². The van der Waals surface area contributed by atoms with Gasteiger partial charge in [-0.05, 0) is 24.3 Å². The molecule has 2 heterocycles. The fraction of sp³-hybridized carbons (Fsp3) is 0.600. The van der Waals surface area contributed by atoms with Crippen molar-refractivity contribution in [3.05, 3.63) is 23.7 Å². The highest BCUT2D eigenvalue weighted by Gasteiger charge is 2.34. The van der Waals surface area contributed by atoms with Crippen LogP contribution in [-0.2, 0) is 4.79 Å². The summed E-state index contributed by atoms with van der Waals surface area (Å²) < 4.78 is 5.34. The molecule has 1 amide bonds. The number of carboxylic acids is 1. The Kier molecular flexibility index (Phi) is 4.16. The SMILES string of the molecule is CC(C)c1ccoc1C(=O)N1CCC(C(=O)O)C(C)C1. The monoisotopic (exact) mass is 279 g/mol. The third-order valence-corrected chi connectivity index (χ3v) is 4.02. The Morgan fingerprint density at radius 1 is 1.45 bits per heavy atom. The minimum atomic E-state index is -0.773. The molecule has 1 aromatic heterocycles. The fourth-order valence-corrected chi connectivity index (χ4v) is 2.79. The molecule has 1 saturated heterocycles. The van der Waals surface area contributed by atoms with Crippen molar-refractivity contribution in [3.63, 3.8) is 0 Å². The summed E-state index contributed by atoms with van der Waals surface area (Å²) in [5.41, 5.74) is 0.906. The van der Waals surface area contributed by atoms with E-state index in [1.807, 2.05) is 26.8 Å². The summed E-state index contributed by atoms with van der Waals surface area (Å²) in [6.07, 6.45) is 2.04. The van der Waals surface area contributed by atoms with Crippen LogP contribution in [0.5, 0.6) is 0 Å². The Balaban J connectivity index is 2.11. The van der Waals surface area contributed by atoms with Crippen LogP contribution in [-0.4, -0.2) is 35.0 Å². The quantitative estimate of drug-likeness (QED) is 0.923. The maximum atomic E-state index is 12.5. The van der Waals surface area contributed by atoms with Gasteiger partial charge in [0.05, 0.1) is 12.2 Å². The second kappa shape index (κ2) is 5.69. The number of carboxylic acid groups (broad SMARTS) is 1. The third kappa shape index (κ3) is 2.71. The summed E-state index contributed by atoms with van der Waals surface area (Å²) >= 11 is 0. The van der Waals surface area contributed by atoms with Gasteiger partial charge in [0.15, 0.2) is 5.76 Å². The summed E-state index contributed by atoms with van der Waals surface area (Å²) in [6, 6.07) is 1.82. The van der Waals surface area contributed by atoms with E-state index in [1.165, 1.54) is 6.26 Å². The molecule has 0 radical (unpaired) electrons. The zero-order valence-electron chi connectivity index (χ0n) is 12.1. The molecule has 0 spiro atoms. The first-order valence-electron chi connectivity index (χ1n) is 7.01. The topological polar surface area (TPSA) is 70.8 Å². The Morgan fingerprint density at radius 2 is 2.15 bits per heavy atom. The van der Waals surface area contributed by atoms with Crippen molar-refractivity contribution in [2.75, 3.05) is 13.1 Å². The lowest BCUT2D eigenvalue weighted by Gasteiger charge is -2.34. The normalized spacial score (nSPS) is 23.1. The second-order valence-corrected chi connectivity index (χ2v) is 5.82. The second-order valence-electron chi connectivity index (χ2n) is 5.82. The van der Waals surface area contributed by atoms with E-state index in [0.717, 1.165) is 5.56 Å². The standard InChI is InChI=1S/C15H21NO4/c1-9(2)11-5-7-20-13(11)14(17)16-6-4-12(15(18)19)10(3)8-16/h5,7,9-10,12H,4,6,8H2,1-3H3,(H,18,19). The van der Waals surface area contributed by atoms with Crippen LogP contribution in [0.2, 0.25) is 0 Å². The Hall–Kier alpha value is -1.78. The van der Waals surface area contributed by atoms with E-state index in [1.54, 1.807) is 4.90 Å². The summed E-state index contributed by atoms with van der Waals surface area (Å²) in [5.74, 6) is -0.689. The number of carbonyl (C=O) groups is 2. The number of nitrogens with zero attached hydrogens (tertiary/aromatic N) is 1. The molecule has 2 unspecified atom stereocenters. The van der Waals surface area contributed by atoms with E-state index >= 15 is 0 Å². The molecule has 1 fully saturated rings. The summed E-state index contributed by atoms with van der Waals surface area (Å²) in [5, 5.41) is 9.11. The number of hydrogen-bond donors (Lipinski definition) is 1. The zero-order chi connectivity index (χ0) is 14.9. The van der Waals surface area contributed by atoms with Crippen molar-refractivity contribution < 1.29 is 19.1 Å². The highest BCUT2D eigenvalue weighted by Crippen LogP contribution is 2.27. The third-order valence-electron chi connectivity index (χ3n) is 4.02. The van der Waals surface area contributed by atoms with Crippen molar-refractivity contribution in [1.29, 1.82) is 0 Å². The first-order valence-corrected chi connectivity index (χ1v) is 7.01. The zero-order valence-corrected chi connectivity index (χ0v) is 12.1. The molecule has 1 aliphatic heterocycles. The van der Waals surface area contributed by atoms with Crippen LogP contribution in [0.3, 0.4) is 0 Å². The molecular weight excluding hydrogens is 258 g/mol. The van der Waals surface area contributed by atoms with E-state index < -0.39 is 5.97 Å². The van der Waals surface area contributed by atoms with Crippen LogP contribution in [0.25, 0.3) is 0 Å². The molecule has 0 saturated carbocycles. The maximum absolute atomic E-state index is 12.5. The molecule has 2 rings (SSSR count). The largest absolute Gasteiger partial charge is 0.481 e. The molecule has 20 heavy (non-hydrogen) atoms. The molecule has 1 aromatic rings. The molecular formula is C15H21NO4. The fourth-order valence-electron chi connectivity index (χ4n) is 2.79. The lowest BCUT2D eigenvalue weighted by molar-refractivity contribution is -0.145. The van der Waals surface area contributed by atoms with Gasteiger partial charge in [-0.25, -0.2) is 0 Å². The van der Waals surface area contributed by atoms with E-state index in [4.69, 9.17) is 9.52 Å². The predicted molar refractivity (Wildman–Crippen MR) is 73.6 cm³/mol. The van der Waals surface area contributed by atoms with Gasteiger partial charge >= 0.3 is 5.97 Å². The summed E-state index contributed by atoms with van der Waals surface area (Å²) in [7, 11) is 0. The number of hydrogen-bond acceptors (Lipinski definition) is 3. The smallest absolute Gasteiger partial charge is 0.306 e. The van der Waals surface area contributed by atoms with Crippen LogP contribution in [0.15, 0.2) is 16.7 Å². The van der Waals surface area contributed by atoms with Gasteiger partial charge in [0.1, 0.15) is 0 Å². The van der Waals surface area contributed by atoms with Gasteiger partial charge < -0.3 is 14.4 Å². The van der Waals surface area contributed by atoms with E-state index in [9.17, 15) is 9.59 Å². The van der Waals surface area contributed by atoms with Crippen molar-refractivity contribution in [2.45, 2.75) is 33.1 Å². The minimum Gasteiger partial charge on any atom is -0.481 e. The first kappa shape index (κ1) is 14.6. The van der Waals surface area contributed by atoms with E-state index in [2.05, 4.69) is 0 Å². The van der Waals surface area contributed by atoms with Gasteiger partial charge in [0.2, 0.25) is 0 Å². The molecule has 0 bridgehead atoms. The average molecular weight is 279 g/mol. The van der Waals surface area contributed by atoms with Crippen molar-refractivity contribution in [2.24, 2.45) is 11.8 Å². The lowest BCUT2D eigenvalue weighted by Crippen LogP contribution is -2.45. The van der Waals surface area contributed by atoms with Crippen LogP contribution < -0.4 is 0 Å². The number of piperidine rings is 1. The number of carbonyl (C=O) groups excluding carboxylic acids is 1. The van der Waals surface area contributed by atoms with E-state index in [0.29, 0.717) is 25.3 Å². The summed E-state index contributed by atoms with van der Waals surface area (Å²) in [4.78, 5) is 25.3. The van der Waals surface area contributed by atoms with Crippen molar-refractivity contribution in [3.8, 4) is 0 Å². The van der Waals surface area contributed by atoms with Gasteiger partial charge in [-0.15, -0.1) is 0 Å². The molecule has 0 aromatic carbocycles. The van der Waals surface area contributed by atoms with E-state index in [-0.39, 0.29) is 23.7 Å². The average Bonchev–Trinajstić information content (AvgIpc) is 2.86. The number of rotatable bonds is 3.